The molecule has 0 saturated carbocycles. The molecule has 0 spiro atoms. The molecule has 0 saturated heterocycles. The maximum atomic E-state index is 4.83. The Balaban J connectivity index is 2.82. The Hall–Kier alpha value is -0.960. The van der Waals surface area contributed by atoms with Gasteiger partial charge in [-0.05, 0) is 19.1 Å². The molecule has 2 nitrogen and oxygen atoms in total. The Morgan fingerprint density at radius 1 is 1.73 bits per heavy atom. The van der Waals surface area contributed by atoms with Crippen LogP contribution in [0.4, 0.5) is 5.69 Å². The minimum absolute atomic E-state index is 0.884. The molecule has 0 bridgehead atoms. The zero-order valence-corrected chi connectivity index (χ0v) is 7.21. The van der Waals surface area contributed by atoms with E-state index >= 15 is 0 Å². The molecule has 3 heteroatoms. The van der Waals surface area contributed by atoms with Crippen molar-refractivity contribution in [1.82, 2.24) is 4.98 Å². The molecule has 0 radical (unpaired) electrons. The number of anilines is 1. The van der Waals surface area contributed by atoms with Crippen molar-refractivity contribution in [2.24, 2.45) is 0 Å². The van der Waals surface area contributed by atoms with Gasteiger partial charge in [-0.3, -0.25) is 4.98 Å². The van der Waals surface area contributed by atoms with Crippen molar-refractivity contribution >= 4 is 23.4 Å². The fourth-order valence-electron chi connectivity index (χ4n) is 0.842. The molecule has 1 heterocycles. The van der Waals surface area contributed by atoms with E-state index in [0.29, 0.717) is 0 Å². The molecule has 0 aliphatic heterocycles. The van der Waals surface area contributed by atoms with Crippen LogP contribution in [0.25, 0.3) is 0 Å². The van der Waals surface area contributed by atoms with Gasteiger partial charge in [0, 0.05) is 12.7 Å². The minimum atomic E-state index is 0.884. The number of thiocarbonyl (C=S) groups is 1. The lowest BCUT2D eigenvalue weighted by atomic mass is 10.4. The van der Waals surface area contributed by atoms with Gasteiger partial charge in [0.1, 0.15) is 0 Å². The summed E-state index contributed by atoms with van der Waals surface area (Å²) < 4.78 is 0. The molecule has 0 unspecified atom stereocenters. The molecule has 0 atom stereocenters. The van der Waals surface area contributed by atoms with E-state index < -0.39 is 0 Å². The Kier molecular flexibility index (Phi) is 2.98. The Morgan fingerprint density at radius 2 is 2.55 bits per heavy atom. The van der Waals surface area contributed by atoms with Crippen LogP contribution in [0.1, 0.15) is 6.92 Å². The van der Waals surface area contributed by atoms with Gasteiger partial charge < -0.3 is 4.90 Å². The topological polar surface area (TPSA) is 16.1 Å². The van der Waals surface area contributed by atoms with Crippen molar-refractivity contribution < 1.29 is 0 Å². The second kappa shape index (κ2) is 4.03. The van der Waals surface area contributed by atoms with Crippen LogP contribution < -0.4 is 4.90 Å². The summed E-state index contributed by atoms with van der Waals surface area (Å²) in [6, 6.07) is 3.89. The van der Waals surface area contributed by atoms with E-state index in [1.54, 1.807) is 17.9 Å². The summed E-state index contributed by atoms with van der Waals surface area (Å²) in [4.78, 5) is 5.95. The molecule has 0 aliphatic carbocycles. The number of hydrogen-bond acceptors (Lipinski definition) is 2. The van der Waals surface area contributed by atoms with Crippen molar-refractivity contribution in [3.05, 3.63) is 24.5 Å². The van der Waals surface area contributed by atoms with Crippen LogP contribution in [0, 0.1) is 0 Å². The zero-order valence-electron chi connectivity index (χ0n) is 6.40. The summed E-state index contributed by atoms with van der Waals surface area (Å²) in [7, 11) is 0. The van der Waals surface area contributed by atoms with Crippen molar-refractivity contribution in [2.75, 3.05) is 11.4 Å². The van der Waals surface area contributed by atoms with E-state index in [0.717, 1.165) is 12.2 Å². The summed E-state index contributed by atoms with van der Waals surface area (Å²) in [5, 5.41) is 0. The molecule has 0 amide bonds. The Morgan fingerprint density at radius 3 is 3.00 bits per heavy atom. The highest BCUT2D eigenvalue weighted by Crippen LogP contribution is 2.08. The number of hydrogen-bond donors (Lipinski definition) is 0. The normalized spacial score (nSPS) is 9.18. The van der Waals surface area contributed by atoms with Gasteiger partial charge in [0.25, 0.3) is 0 Å². The fraction of sp³-hybridized carbons (Fsp3) is 0.250. The van der Waals surface area contributed by atoms with Gasteiger partial charge in [-0.1, -0.05) is 12.2 Å². The maximum absolute atomic E-state index is 4.83. The van der Waals surface area contributed by atoms with Crippen LogP contribution in [0.3, 0.4) is 0 Å². The van der Waals surface area contributed by atoms with Gasteiger partial charge in [0.15, 0.2) is 0 Å². The van der Waals surface area contributed by atoms with Crippen LogP contribution in [0.2, 0.25) is 0 Å². The molecule has 58 valence electrons. The van der Waals surface area contributed by atoms with E-state index in [1.807, 2.05) is 17.0 Å². The third-order valence-corrected chi connectivity index (χ3v) is 1.70. The summed E-state index contributed by atoms with van der Waals surface area (Å²) in [6.07, 6.45) is 3.55. The standard InChI is InChI=1S/C8H10N2S/c1-2-10(7-11)8-4-3-5-9-6-8/h3-7H,2H2,1H3. The molecule has 0 aromatic carbocycles. The van der Waals surface area contributed by atoms with E-state index in [4.69, 9.17) is 12.2 Å². The first-order valence-corrected chi connectivity index (χ1v) is 3.97. The predicted molar refractivity (Wildman–Crippen MR) is 50.9 cm³/mol. The second-order valence-corrected chi connectivity index (χ2v) is 2.31. The van der Waals surface area contributed by atoms with E-state index in [-0.39, 0.29) is 0 Å². The SMILES string of the molecule is CCN(C=S)c1cccnc1. The van der Waals surface area contributed by atoms with Crippen LogP contribution in [0.5, 0.6) is 0 Å². The number of rotatable bonds is 3. The minimum Gasteiger partial charge on any atom is -0.338 e. The third-order valence-electron chi connectivity index (χ3n) is 1.45. The molecule has 0 aliphatic rings. The molecule has 0 fully saturated rings. The average molecular weight is 166 g/mol. The van der Waals surface area contributed by atoms with Crippen molar-refractivity contribution in [3.63, 3.8) is 0 Å². The van der Waals surface area contributed by atoms with E-state index in [1.165, 1.54) is 0 Å². The molecule has 1 aromatic rings. The summed E-state index contributed by atoms with van der Waals surface area (Å²) >= 11 is 4.83. The molecule has 1 rings (SSSR count). The fourth-order valence-corrected chi connectivity index (χ4v) is 1.11. The summed E-state index contributed by atoms with van der Waals surface area (Å²) in [6.45, 7) is 2.94. The summed E-state index contributed by atoms with van der Waals surface area (Å²) in [5.74, 6) is 0. The molecular formula is C8H10N2S. The Labute approximate surface area is 71.9 Å². The first kappa shape index (κ1) is 8.14. The smallest absolute Gasteiger partial charge is 0.0685 e. The molecular weight excluding hydrogens is 156 g/mol. The van der Waals surface area contributed by atoms with Crippen LogP contribution >= 0.6 is 12.2 Å². The number of aromatic nitrogens is 1. The van der Waals surface area contributed by atoms with Crippen molar-refractivity contribution in [3.8, 4) is 0 Å². The monoisotopic (exact) mass is 166 g/mol. The Bertz CT molecular complexity index is 223. The van der Waals surface area contributed by atoms with Crippen LogP contribution in [0.15, 0.2) is 24.5 Å². The van der Waals surface area contributed by atoms with Crippen molar-refractivity contribution in [1.29, 1.82) is 0 Å². The predicted octanol–water partition coefficient (Wildman–Crippen LogP) is 1.87. The highest BCUT2D eigenvalue weighted by Gasteiger charge is 1.97. The van der Waals surface area contributed by atoms with Gasteiger partial charge >= 0.3 is 0 Å². The second-order valence-electron chi connectivity index (χ2n) is 2.10. The van der Waals surface area contributed by atoms with E-state index in [9.17, 15) is 0 Å². The average Bonchev–Trinajstić information content (AvgIpc) is 2.09. The number of nitrogens with zero attached hydrogens (tertiary/aromatic N) is 2. The summed E-state index contributed by atoms with van der Waals surface area (Å²) in [5.41, 5.74) is 2.68. The lowest BCUT2D eigenvalue weighted by Crippen LogP contribution is -2.18. The van der Waals surface area contributed by atoms with Gasteiger partial charge in [-0.2, -0.15) is 0 Å². The van der Waals surface area contributed by atoms with Crippen molar-refractivity contribution in [2.45, 2.75) is 6.92 Å². The van der Waals surface area contributed by atoms with Crippen LogP contribution in [-0.4, -0.2) is 17.0 Å². The first-order chi connectivity index (χ1) is 5.38. The third kappa shape index (κ3) is 1.98. The van der Waals surface area contributed by atoms with Crippen LogP contribution in [-0.2, 0) is 0 Å². The molecule has 11 heavy (non-hydrogen) atoms. The molecule has 0 N–H and O–H groups in total. The lowest BCUT2D eigenvalue weighted by Gasteiger charge is -2.15. The van der Waals surface area contributed by atoms with Gasteiger partial charge in [-0.15, -0.1) is 0 Å². The highest BCUT2D eigenvalue weighted by molar-refractivity contribution is 7.79. The van der Waals surface area contributed by atoms with Gasteiger partial charge in [-0.25, -0.2) is 0 Å². The molecule has 1 aromatic heterocycles. The highest BCUT2D eigenvalue weighted by atomic mass is 32.1. The first-order valence-electron chi connectivity index (χ1n) is 3.50. The lowest BCUT2D eigenvalue weighted by molar-refractivity contribution is 1.07. The van der Waals surface area contributed by atoms with Gasteiger partial charge in [0.2, 0.25) is 0 Å². The van der Waals surface area contributed by atoms with E-state index in [2.05, 4.69) is 11.9 Å². The largest absolute Gasteiger partial charge is 0.338 e. The zero-order chi connectivity index (χ0) is 8.10. The number of pyridine rings is 1. The maximum Gasteiger partial charge on any atom is 0.0685 e. The van der Waals surface area contributed by atoms with Gasteiger partial charge in [0.05, 0.1) is 17.4 Å². The quantitative estimate of drug-likeness (QED) is 0.638.